The van der Waals surface area contributed by atoms with Crippen molar-refractivity contribution < 1.29 is 14.3 Å². The van der Waals surface area contributed by atoms with Gasteiger partial charge in [0.25, 0.3) is 5.91 Å². The molecule has 0 aliphatic carbocycles. The molecule has 0 saturated carbocycles. The maximum Gasteiger partial charge on any atom is 0.254 e. The van der Waals surface area contributed by atoms with Gasteiger partial charge in [-0.1, -0.05) is 63.2 Å². The van der Waals surface area contributed by atoms with Gasteiger partial charge in [0.1, 0.15) is 5.75 Å². The van der Waals surface area contributed by atoms with Crippen LogP contribution in [0.1, 0.15) is 31.9 Å². The number of nitrogens with zero attached hydrogens (tertiary/aromatic N) is 1. The van der Waals surface area contributed by atoms with Gasteiger partial charge in [0.2, 0.25) is 0 Å². The van der Waals surface area contributed by atoms with E-state index in [1.807, 2.05) is 59.5 Å². The number of amides is 1. The number of benzene rings is 2. The zero-order chi connectivity index (χ0) is 18.7. The van der Waals surface area contributed by atoms with Crippen molar-refractivity contribution in [1.29, 1.82) is 0 Å². The summed E-state index contributed by atoms with van der Waals surface area (Å²) in [6, 6.07) is 17.9. The van der Waals surface area contributed by atoms with Crippen molar-refractivity contribution in [3.63, 3.8) is 0 Å². The second-order valence-electron chi connectivity index (χ2n) is 7.84. The predicted molar refractivity (Wildman–Crippen MR) is 102 cm³/mol. The molecule has 1 heterocycles. The lowest BCUT2D eigenvalue weighted by Crippen LogP contribution is -2.69. The Morgan fingerprint density at radius 3 is 2.19 bits per heavy atom. The van der Waals surface area contributed by atoms with Crippen LogP contribution in [0.3, 0.4) is 0 Å². The van der Waals surface area contributed by atoms with Gasteiger partial charge in [-0.2, -0.15) is 0 Å². The molecular weight excluding hydrogens is 326 g/mol. The molecule has 2 aromatic rings. The molecular formula is C22H27NO3. The van der Waals surface area contributed by atoms with Crippen LogP contribution >= 0.6 is 0 Å². The summed E-state index contributed by atoms with van der Waals surface area (Å²) >= 11 is 0. The fraction of sp³-hybridized carbons (Fsp3) is 0.409. The number of methoxy groups -OCH3 is 1. The summed E-state index contributed by atoms with van der Waals surface area (Å²) < 4.78 is 11.2. The molecule has 1 fully saturated rings. The van der Waals surface area contributed by atoms with Crippen LogP contribution in [-0.4, -0.2) is 30.1 Å². The van der Waals surface area contributed by atoms with Crippen LogP contribution in [0.4, 0.5) is 0 Å². The van der Waals surface area contributed by atoms with E-state index in [0.29, 0.717) is 13.2 Å². The molecule has 4 nitrogen and oxygen atoms in total. The smallest absolute Gasteiger partial charge is 0.254 e. The highest BCUT2D eigenvalue weighted by Crippen LogP contribution is 2.38. The molecule has 26 heavy (non-hydrogen) atoms. The molecule has 0 bridgehead atoms. The SMILES string of the molecule is COc1ccc(CN2C(=O)[C@@H](OCc3ccccc3)[C@H]2C(C)(C)C)cc1. The van der Waals surface area contributed by atoms with Gasteiger partial charge in [-0.3, -0.25) is 4.79 Å². The first kappa shape index (κ1) is 18.5. The summed E-state index contributed by atoms with van der Waals surface area (Å²) in [7, 11) is 1.65. The monoisotopic (exact) mass is 353 g/mol. The van der Waals surface area contributed by atoms with Gasteiger partial charge in [0.05, 0.1) is 19.8 Å². The average molecular weight is 353 g/mol. The van der Waals surface area contributed by atoms with Crippen molar-refractivity contribution in [1.82, 2.24) is 4.90 Å². The lowest BCUT2D eigenvalue weighted by molar-refractivity contribution is -0.188. The summed E-state index contributed by atoms with van der Waals surface area (Å²) in [5.74, 6) is 0.886. The third-order valence-corrected chi connectivity index (χ3v) is 4.82. The van der Waals surface area contributed by atoms with Gasteiger partial charge in [-0.15, -0.1) is 0 Å². The quantitative estimate of drug-likeness (QED) is 0.736. The van der Waals surface area contributed by atoms with E-state index in [2.05, 4.69) is 20.8 Å². The number of ether oxygens (including phenoxy) is 2. The Morgan fingerprint density at radius 1 is 0.962 bits per heavy atom. The lowest BCUT2D eigenvalue weighted by atomic mass is 9.76. The molecule has 3 rings (SSSR count). The molecule has 0 aromatic heterocycles. The average Bonchev–Trinajstić information content (AvgIpc) is 2.63. The van der Waals surface area contributed by atoms with Crippen LogP contribution < -0.4 is 4.74 Å². The van der Waals surface area contributed by atoms with Gasteiger partial charge in [-0.05, 0) is 28.7 Å². The Labute approximate surface area is 155 Å². The second kappa shape index (κ2) is 7.50. The highest BCUT2D eigenvalue weighted by atomic mass is 16.5. The zero-order valence-electron chi connectivity index (χ0n) is 15.9. The molecule has 4 heteroatoms. The molecule has 1 aliphatic rings. The Bertz CT molecular complexity index is 734. The van der Waals surface area contributed by atoms with E-state index in [4.69, 9.17) is 9.47 Å². The predicted octanol–water partition coefficient (Wildman–Crippen LogP) is 4.04. The summed E-state index contributed by atoms with van der Waals surface area (Å²) in [4.78, 5) is 14.7. The molecule has 0 N–H and O–H groups in total. The van der Waals surface area contributed by atoms with E-state index < -0.39 is 0 Å². The molecule has 0 radical (unpaired) electrons. The van der Waals surface area contributed by atoms with Gasteiger partial charge in [-0.25, -0.2) is 0 Å². The topological polar surface area (TPSA) is 38.8 Å². The number of β-lactam (4-membered cyclic amide) rings is 1. The first-order chi connectivity index (χ1) is 12.4. The Kier molecular flexibility index (Phi) is 5.33. The number of hydrogen-bond acceptors (Lipinski definition) is 3. The normalized spacial score (nSPS) is 20.0. The van der Waals surface area contributed by atoms with Gasteiger partial charge < -0.3 is 14.4 Å². The molecule has 1 saturated heterocycles. The van der Waals surface area contributed by atoms with Crippen molar-refractivity contribution in [2.45, 2.75) is 46.1 Å². The maximum atomic E-state index is 12.7. The standard InChI is InChI=1S/C22H27NO3/c1-22(2,3)20-19(26-15-17-8-6-5-7-9-17)21(24)23(20)14-16-10-12-18(25-4)13-11-16/h5-13,19-20H,14-15H2,1-4H3/t19-,20-/m0/s1. The fourth-order valence-corrected chi connectivity index (χ4v) is 3.47. The molecule has 138 valence electrons. The van der Waals surface area contributed by atoms with Crippen molar-refractivity contribution in [3.8, 4) is 5.75 Å². The Balaban J connectivity index is 1.69. The number of rotatable bonds is 6. The third kappa shape index (κ3) is 3.91. The van der Waals surface area contributed by atoms with Gasteiger partial charge in [0, 0.05) is 6.54 Å². The molecule has 2 atom stereocenters. The highest BCUT2D eigenvalue weighted by molar-refractivity contribution is 5.88. The number of carbonyl (C=O) groups excluding carboxylic acids is 1. The number of carbonyl (C=O) groups is 1. The summed E-state index contributed by atoms with van der Waals surface area (Å²) in [5.41, 5.74) is 2.12. The van der Waals surface area contributed by atoms with Crippen molar-refractivity contribution in [3.05, 3.63) is 65.7 Å². The van der Waals surface area contributed by atoms with Crippen LogP contribution in [0.25, 0.3) is 0 Å². The maximum absolute atomic E-state index is 12.7. The van der Waals surface area contributed by atoms with E-state index in [-0.39, 0.29) is 23.5 Å². The van der Waals surface area contributed by atoms with E-state index >= 15 is 0 Å². The minimum Gasteiger partial charge on any atom is -0.497 e. The molecule has 2 aromatic carbocycles. The number of hydrogen-bond donors (Lipinski definition) is 0. The molecule has 0 spiro atoms. The van der Waals surface area contributed by atoms with E-state index in [1.54, 1.807) is 7.11 Å². The highest BCUT2D eigenvalue weighted by Gasteiger charge is 2.53. The largest absolute Gasteiger partial charge is 0.497 e. The second-order valence-corrected chi connectivity index (χ2v) is 7.84. The summed E-state index contributed by atoms with van der Waals surface area (Å²) in [6.45, 7) is 7.52. The lowest BCUT2D eigenvalue weighted by Gasteiger charge is -2.52. The number of likely N-dealkylation sites (tertiary alicyclic amines) is 1. The van der Waals surface area contributed by atoms with Crippen LogP contribution in [0.15, 0.2) is 54.6 Å². The van der Waals surface area contributed by atoms with E-state index in [0.717, 1.165) is 16.9 Å². The van der Waals surface area contributed by atoms with Gasteiger partial charge in [0.15, 0.2) is 6.10 Å². The zero-order valence-corrected chi connectivity index (χ0v) is 15.9. The van der Waals surface area contributed by atoms with Gasteiger partial charge >= 0.3 is 0 Å². The Hall–Kier alpha value is -2.33. The van der Waals surface area contributed by atoms with Crippen LogP contribution in [0.2, 0.25) is 0 Å². The summed E-state index contributed by atoms with van der Waals surface area (Å²) in [5, 5.41) is 0. The fourth-order valence-electron chi connectivity index (χ4n) is 3.47. The van der Waals surface area contributed by atoms with E-state index in [1.165, 1.54) is 0 Å². The van der Waals surface area contributed by atoms with Crippen LogP contribution in [0.5, 0.6) is 5.75 Å². The van der Waals surface area contributed by atoms with Crippen molar-refractivity contribution in [2.75, 3.05) is 7.11 Å². The minimum atomic E-state index is -0.381. The Morgan fingerprint density at radius 2 is 1.62 bits per heavy atom. The molecule has 0 unspecified atom stereocenters. The van der Waals surface area contributed by atoms with Crippen molar-refractivity contribution in [2.24, 2.45) is 5.41 Å². The summed E-state index contributed by atoms with van der Waals surface area (Å²) in [6.07, 6.45) is -0.381. The van der Waals surface area contributed by atoms with Crippen LogP contribution in [0, 0.1) is 5.41 Å². The third-order valence-electron chi connectivity index (χ3n) is 4.82. The minimum absolute atomic E-state index is 0.0538. The molecule has 1 aliphatic heterocycles. The van der Waals surface area contributed by atoms with Crippen LogP contribution in [-0.2, 0) is 22.7 Å². The first-order valence-corrected chi connectivity index (χ1v) is 8.99. The molecule has 1 amide bonds. The van der Waals surface area contributed by atoms with E-state index in [9.17, 15) is 4.79 Å². The first-order valence-electron chi connectivity index (χ1n) is 8.99. The van der Waals surface area contributed by atoms with Crippen molar-refractivity contribution >= 4 is 5.91 Å².